The molecule has 5 heterocycles. The van der Waals surface area contributed by atoms with Gasteiger partial charge in [-0.15, -0.1) is 0 Å². The number of carbonyl (C=O) groups is 1. The maximum atomic E-state index is 15.2. The molecule has 6 rings (SSSR count). The number of pyridine rings is 2. The molecule has 1 fully saturated rings. The number of H-pyrrole nitrogens is 2. The lowest BCUT2D eigenvalue weighted by Gasteiger charge is -2.27. The van der Waals surface area contributed by atoms with Crippen molar-refractivity contribution in [2.45, 2.75) is 46.5 Å². The van der Waals surface area contributed by atoms with Crippen molar-refractivity contribution in [2.24, 2.45) is 5.41 Å². The molecule has 9 nitrogen and oxygen atoms in total. The minimum atomic E-state index is -0.459. The first-order chi connectivity index (χ1) is 18.7. The van der Waals surface area contributed by atoms with Crippen molar-refractivity contribution in [1.82, 2.24) is 30.1 Å². The number of piperidine rings is 1. The predicted octanol–water partition coefficient (Wildman–Crippen LogP) is 6.07. The van der Waals surface area contributed by atoms with Crippen molar-refractivity contribution in [3.8, 4) is 22.6 Å². The van der Waals surface area contributed by atoms with Crippen LogP contribution in [0.25, 0.3) is 44.6 Å². The number of imidazole rings is 1. The van der Waals surface area contributed by atoms with Crippen molar-refractivity contribution in [2.75, 3.05) is 23.3 Å². The summed E-state index contributed by atoms with van der Waals surface area (Å²) in [5.41, 5.74) is 4.19. The Labute approximate surface area is 225 Å². The average molecular weight is 527 g/mol. The summed E-state index contributed by atoms with van der Waals surface area (Å²) >= 11 is 0. The molecule has 1 aliphatic heterocycles. The predicted molar refractivity (Wildman–Crippen MR) is 151 cm³/mol. The van der Waals surface area contributed by atoms with Crippen LogP contribution in [0.15, 0.2) is 42.9 Å². The minimum absolute atomic E-state index is 0.0940. The van der Waals surface area contributed by atoms with Crippen molar-refractivity contribution in [1.29, 1.82) is 0 Å². The van der Waals surface area contributed by atoms with Crippen LogP contribution in [0.2, 0.25) is 0 Å². The lowest BCUT2D eigenvalue weighted by atomic mass is 9.92. The molecule has 0 spiro atoms. The summed E-state index contributed by atoms with van der Waals surface area (Å²) in [5.74, 6) is 0.876. The second-order valence-corrected chi connectivity index (χ2v) is 11.4. The number of nitrogens with zero attached hydrogens (tertiary/aromatic N) is 5. The van der Waals surface area contributed by atoms with Gasteiger partial charge in [-0.3, -0.25) is 14.9 Å². The van der Waals surface area contributed by atoms with Crippen LogP contribution >= 0.6 is 0 Å². The molecule has 200 valence electrons. The molecule has 1 amide bonds. The highest BCUT2D eigenvalue weighted by Gasteiger charge is 2.21. The number of nitrogens with one attached hydrogen (secondary N) is 3. The van der Waals surface area contributed by atoms with E-state index in [0.717, 1.165) is 42.8 Å². The number of rotatable bonds is 5. The minimum Gasteiger partial charge on any atom is -0.355 e. The fraction of sp³-hybridized carbons (Fsp3) is 0.345. The number of aromatic nitrogens is 6. The third-order valence-electron chi connectivity index (χ3n) is 6.93. The summed E-state index contributed by atoms with van der Waals surface area (Å²) in [6.07, 6.45) is 8.91. The average Bonchev–Trinajstić information content (AvgIpc) is 3.52. The van der Waals surface area contributed by atoms with Crippen molar-refractivity contribution in [3.05, 3.63) is 48.7 Å². The first kappa shape index (κ1) is 25.0. The summed E-state index contributed by atoms with van der Waals surface area (Å²) in [6.45, 7) is 7.94. The number of anilines is 2. The van der Waals surface area contributed by atoms with Crippen molar-refractivity contribution >= 4 is 39.3 Å². The fourth-order valence-corrected chi connectivity index (χ4v) is 5.15. The molecule has 10 heteroatoms. The fourth-order valence-electron chi connectivity index (χ4n) is 5.15. The Hall–Kier alpha value is -4.34. The Morgan fingerprint density at radius 2 is 1.90 bits per heavy atom. The van der Waals surface area contributed by atoms with E-state index in [0.29, 0.717) is 40.1 Å². The van der Waals surface area contributed by atoms with Crippen LogP contribution in [0.3, 0.4) is 0 Å². The summed E-state index contributed by atoms with van der Waals surface area (Å²) in [7, 11) is 0. The van der Waals surface area contributed by atoms with E-state index in [-0.39, 0.29) is 16.8 Å². The SMILES string of the molecule is CC(C)(C)CC(=O)Nc1cncc(-c2cc(F)c3n[nH]c(-c4nc5c(N6CCCCC6)nccc5[nH]4)c3c2)c1. The Balaban J connectivity index is 1.37. The van der Waals surface area contributed by atoms with Gasteiger partial charge >= 0.3 is 0 Å². The van der Waals surface area contributed by atoms with Crippen LogP contribution in [0, 0.1) is 11.2 Å². The van der Waals surface area contributed by atoms with Crippen LogP contribution in [0.5, 0.6) is 0 Å². The van der Waals surface area contributed by atoms with Gasteiger partial charge < -0.3 is 15.2 Å². The normalized spacial score (nSPS) is 14.3. The summed E-state index contributed by atoms with van der Waals surface area (Å²) in [6, 6.07) is 6.99. The monoisotopic (exact) mass is 526 g/mol. The number of aromatic amines is 2. The second kappa shape index (κ2) is 9.76. The number of carbonyl (C=O) groups excluding carboxylic acids is 1. The van der Waals surface area contributed by atoms with Crippen LogP contribution in [0.1, 0.15) is 46.5 Å². The molecule has 5 aromatic rings. The molecule has 0 bridgehead atoms. The molecule has 0 aliphatic carbocycles. The molecule has 1 saturated heterocycles. The molecule has 0 unspecified atom stereocenters. The first-order valence-electron chi connectivity index (χ1n) is 13.3. The summed E-state index contributed by atoms with van der Waals surface area (Å²) in [5, 5.41) is 10.7. The zero-order valence-electron chi connectivity index (χ0n) is 22.3. The quantitative estimate of drug-likeness (QED) is 0.256. The maximum Gasteiger partial charge on any atom is 0.224 e. The van der Waals surface area contributed by atoms with Crippen LogP contribution in [-0.4, -0.2) is 49.1 Å². The summed E-state index contributed by atoms with van der Waals surface area (Å²) in [4.78, 5) is 31.9. The Kier molecular flexibility index (Phi) is 6.25. The maximum absolute atomic E-state index is 15.2. The van der Waals surface area contributed by atoms with Crippen molar-refractivity contribution in [3.63, 3.8) is 0 Å². The highest BCUT2D eigenvalue weighted by molar-refractivity contribution is 5.97. The molecule has 0 saturated carbocycles. The van der Waals surface area contributed by atoms with Gasteiger partial charge in [-0.25, -0.2) is 14.4 Å². The number of hydrogen-bond donors (Lipinski definition) is 3. The number of amides is 1. The number of benzene rings is 1. The molecule has 4 aromatic heterocycles. The lowest BCUT2D eigenvalue weighted by Crippen LogP contribution is -2.30. The smallest absolute Gasteiger partial charge is 0.224 e. The van der Waals surface area contributed by atoms with E-state index in [9.17, 15) is 4.79 Å². The topological polar surface area (TPSA) is 115 Å². The second-order valence-electron chi connectivity index (χ2n) is 11.4. The highest BCUT2D eigenvalue weighted by Crippen LogP contribution is 2.34. The van der Waals surface area contributed by atoms with Gasteiger partial charge in [-0.05, 0) is 54.5 Å². The lowest BCUT2D eigenvalue weighted by molar-refractivity contribution is -0.117. The number of halogens is 1. The van der Waals surface area contributed by atoms with Gasteiger partial charge in [0.25, 0.3) is 0 Å². The zero-order valence-corrected chi connectivity index (χ0v) is 22.3. The molecule has 0 radical (unpaired) electrons. The zero-order chi connectivity index (χ0) is 27.1. The number of fused-ring (bicyclic) bond motifs is 2. The van der Waals surface area contributed by atoms with E-state index < -0.39 is 5.82 Å². The van der Waals surface area contributed by atoms with E-state index in [1.54, 1.807) is 24.7 Å². The van der Waals surface area contributed by atoms with Gasteiger partial charge in [0, 0.05) is 42.9 Å². The highest BCUT2D eigenvalue weighted by atomic mass is 19.1. The van der Waals surface area contributed by atoms with E-state index in [4.69, 9.17) is 4.98 Å². The van der Waals surface area contributed by atoms with Crippen molar-refractivity contribution < 1.29 is 9.18 Å². The van der Waals surface area contributed by atoms with Gasteiger partial charge in [0.1, 0.15) is 16.7 Å². The van der Waals surface area contributed by atoms with Crippen LogP contribution in [-0.2, 0) is 4.79 Å². The number of hydrogen-bond acceptors (Lipinski definition) is 6. The molecular weight excluding hydrogens is 495 g/mol. The Morgan fingerprint density at radius 3 is 2.69 bits per heavy atom. The third kappa shape index (κ3) is 5.06. The van der Waals surface area contributed by atoms with Gasteiger partial charge in [0.2, 0.25) is 5.91 Å². The third-order valence-corrected chi connectivity index (χ3v) is 6.93. The van der Waals surface area contributed by atoms with Gasteiger partial charge in [0.15, 0.2) is 17.5 Å². The van der Waals surface area contributed by atoms with E-state index >= 15 is 4.39 Å². The van der Waals surface area contributed by atoms with E-state index in [1.165, 1.54) is 12.5 Å². The van der Waals surface area contributed by atoms with E-state index in [1.807, 2.05) is 32.9 Å². The largest absolute Gasteiger partial charge is 0.355 e. The van der Waals surface area contributed by atoms with Crippen LogP contribution in [0.4, 0.5) is 15.9 Å². The van der Waals surface area contributed by atoms with E-state index in [2.05, 4.69) is 35.4 Å². The molecule has 3 N–H and O–H groups in total. The van der Waals surface area contributed by atoms with Gasteiger partial charge in [-0.1, -0.05) is 20.8 Å². The Morgan fingerprint density at radius 1 is 1.08 bits per heavy atom. The molecule has 0 atom stereocenters. The Bertz CT molecular complexity index is 1680. The molecule has 1 aliphatic rings. The molecule has 1 aromatic carbocycles. The van der Waals surface area contributed by atoms with Gasteiger partial charge in [0.05, 0.1) is 17.4 Å². The van der Waals surface area contributed by atoms with Crippen LogP contribution < -0.4 is 10.2 Å². The standard InChI is InChI=1S/C29H31FN8O/c1-29(2,3)14-23(39)33-19-11-18(15-31-16-19)17-12-20-24(21(30)13-17)36-37-25(20)27-34-22-7-8-32-28(26(22)35-27)38-9-5-4-6-10-38/h7-8,11-13,15-16H,4-6,9-10,14H2,1-3H3,(H,33,39)(H,34,35)(H,36,37). The van der Waals surface area contributed by atoms with Gasteiger partial charge in [-0.2, -0.15) is 5.10 Å². The molecular formula is C29H31FN8O. The summed E-state index contributed by atoms with van der Waals surface area (Å²) < 4.78 is 15.2. The first-order valence-corrected chi connectivity index (χ1v) is 13.3. The molecule has 39 heavy (non-hydrogen) atoms.